The SMILES string of the molecule is C[C@@H]1CC[C@@H](Nc2nc(NC3(C)CCCC3)ncc2C(N)=O)C[C@H]1O. The number of aliphatic hydroxyl groups excluding tert-OH is 1. The van der Waals surface area contributed by atoms with Crippen molar-refractivity contribution in [3.05, 3.63) is 11.8 Å². The number of primary amides is 1. The van der Waals surface area contributed by atoms with Crippen molar-refractivity contribution in [1.29, 1.82) is 0 Å². The molecule has 0 spiro atoms. The summed E-state index contributed by atoms with van der Waals surface area (Å²) in [6.07, 6.45) is 8.25. The highest BCUT2D eigenvalue weighted by atomic mass is 16.3. The van der Waals surface area contributed by atoms with Gasteiger partial charge in [-0.05, 0) is 44.9 Å². The third kappa shape index (κ3) is 4.21. The number of aliphatic hydroxyl groups is 1. The zero-order valence-corrected chi connectivity index (χ0v) is 15.1. The zero-order chi connectivity index (χ0) is 18.0. The van der Waals surface area contributed by atoms with Crippen LogP contribution in [-0.4, -0.2) is 38.7 Å². The van der Waals surface area contributed by atoms with E-state index in [0.29, 0.717) is 24.1 Å². The van der Waals surface area contributed by atoms with E-state index in [-0.39, 0.29) is 23.2 Å². The number of hydrogen-bond donors (Lipinski definition) is 4. The van der Waals surface area contributed by atoms with E-state index in [4.69, 9.17) is 5.73 Å². The molecule has 0 bridgehead atoms. The Bertz CT molecular complexity index is 630. The van der Waals surface area contributed by atoms with Gasteiger partial charge in [-0.3, -0.25) is 4.79 Å². The first-order valence-corrected chi connectivity index (χ1v) is 9.26. The van der Waals surface area contributed by atoms with Gasteiger partial charge in [0.1, 0.15) is 5.82 Å². The monoisotopic (exact) mass is 347 g/mol. The Morgan fingerprint density at radius 1 is 1.36 bits per heavy atom. The Morgan fingerprint density at radius 2 is 2.08 bits per heavy atom. The Balaban J connectivity index is 1.78. The van der Waals surface area contributed by atoms with Crippen molar-refractivity contribution in [2.24, 2.45) is 11.7 Å². The molecule has 3 rings (SSSR count). The summed E-state index contributed by atoms with van der Waals surface area (Å²) in [6.45, 7) is 4.24. The molecule has 2 saturated carbocycles. The summed E-state index contributed by atoms with van der Waals surface area (Å²) in [5.41, 5.74) is 5.77. The third-order valence-electron chi connectivity index (χ3n) is 5.67. The van der Waals surface area contributed by atoms with Crippen molar-refractivity contribution in [1.82, 2.24) is 9.97 Å². The fourth-order valence-electron chi connectivity index (χ4n) is 3.91. The maximum absolute atomic E-state index is 11.7. The lowest BCUT2D eigenvalue weighted by Gasteiger charge is -2.32. The number of nitrogens with zero attached hydrogens (tertiary/aromatic N) is 2. The van der Waals surface area contributed by atoms with E-state index in [1.807, 2.05) is 0 Å². The lowest BCUT2D eigenvalue weighted by Crippen LogP contribution is -2.36. The summed E-state index contributed by atoms with van der Waals surface area (Å²) in [7, 11) is 0. The quantitative estimate of drug-likeness (QED) is 0.650. The predicted octanol–water partition coefficient (Wildman–Crippen LogP) is 2.28. The van der Waals surface area contributed by atoms with Crippen LogP contribution in [0.1, 0.15) is 69.2 Å². The molecule has 0 radical (unpaired) electrons. The van der Waals surface area contributed by atoms with Crippen LogP contribution in [0.5, 0.6) is 0 Å². The molecule has 3 atom stereocenters. The van der Waals surface area contributed by atoms with Gasteiger partial charge in [0.05, 0.1) is 11.7 Å². The van der Waals surface area contributed by atoms with Crippen LogP contribution in [0.25, 0.3) is 0 Å². The highest BCUT2D eigenvalue weighted by Gasteiger charge is 2.30. The second-order valence-electron chi connectivity index (χ2n) is 7.91. The van der Waals surface area contributed by atoms with Crippen LogP contribution in [0.2, 0.25) is 0 Å². The van der Waals surface area contributed by atoms with E-state index >= 15 is 0 Å². The molecule has 0 aliphatic heterocycles. The third-order valence-corrected chi connectivity index (χ3v) is 5.67. The van der Waals surface area contributed by atoms with Crippen LogP contribution in [0.3, 0.4) is 0 Å². The van der Waals surface area contributed by atoms with Crippen LogP contribution in [-0.2, 0) is 0 Å². The summed E-state index contributed by atoms with van der Waals surface area (Å²) >= 11 is 0. The van der Waals surface area contributed by atoms with Crippen molar-refractivity contribution in [3.63, 3.8) is 0 Å². The smallest absolute Gasteiger partial charge is 0.254 e. The van der Waals surface area contributed by atoms with Gasteiger partial charge in [-0.2, -0.15) is 4.98 Å². The van der Waals surface area contributed by atoms with Gasteiger partial charge < -0.3 is 21.5 Å². The van der Waals surface area contributed by atoms with Gasteiger partial charge in [0, 0.05) is 17.8 Å². The molecule has 1 heterocycles. The number of nitrogens with two attached hydrogens (primary N) is 1. The topological polar surface area (TPSA) is 113 Å². The number of rotatable bonds is 5. The number of hydrogen-bond acceptors (Lipinski definition) is 6. The molecular formula is C18H29N5O2. The lowest BCUT2D eigenvalue weighted by atomic mass is 9.85. The van der Waals surface area contributed by atoms with Crippen LogP contribution in [0, 0.1) is 5.92 Å². The molecule has 0 aromatic carbocycles. The summed E-state index contributed by atoms with van der Waals surface area (Å²) in [5.74, 6) is 0.726. The van der Waals surface area contributed by atoms with Crippen molar-refractivity contribution in [3.8, 4) is 0 Å². The Labute approximate surface area is 148 Å². The summed E-state index contributed by atoms with van der Waals surface area (Å²) in [5, 5.41) is 16.8. The Morgan fingerprint density at radius 3 is 2.72 bits per heavy atom. The number of carbonyl (C=O) groups excluding carboxylic acids is 1. The summed E-state index contributed by atoms with van der Waals surface area (Å²) < 4.78 is 0. The van der Waals surface area contributed by atoms with Crippen molar-refractivity contribution in [2.45, 2.75) is 76.5 Å². The van der Waals surface area contributed by atoms with E-state index in [1.165, 1.54) is 19.0 Å². The fraction of sp³-hybridized carbons (Fsp3) is 0.722. The minimum atomic E-state index is -0.550. The van der Waals surface area contributed by atoms with Gasteiger partial charge in [-0.1, -0.05) is 19.8 Å². The maximum Gasteiger partial charge on any atom is 0.254 e. The molecule has 1 amide bonds. The molecule has 1 aromatic rings. The van der Waals surface area contributed by atoms with Crippen molar-refractivity contribution >= 4 is 17.7 Å². The van der Waals surface area contributed by atoms with Gasteiger partial charge in [0.15, 0.2) is 0 Å². The second-order valence-corrected chi connectivity index (χ2v) is 7.91. The van der Waals surface area contributed by atoms with Gasteiger partial charge in [0.2, 0.25) is 5.95 Å². The first-order valence-electron chi connectivity index (χ1n) is 9.26. The molecule has 0 unspecified atom stereocenters. The predicted molar refractivity (Wildman–Crippen MR) is 97.5 cm³/mol. The molecule has 1 aromatic heterocycles. The van der Waals surface area contributed by atoms with Gasteiger partial charge in [-0.25, -0.2) is 4.98 Å². The number of aromatic nitrogens is 2. The standard InChI is InChI=1S/C18H29N5O2/c1-11-5-6-12(9-14(11)24)21-16-13(15(19)25)10-20-17(22-16)23-18(2)7-3-4-8-18/h10-12,14,24H,3-9H2,1-2H3,(H2,19,25)(H2,20,21,22,23)/t11-,12-,14-/m1/s1. The van der Waals surface area contributed by atoms with E-state index in [1.54, 1.807) is 0 Å². The second kappa shape index (κ2) is 7.15. The van der Waals surface area contributed by atoms with Gasteiger partial charge >= 0.3 is 0 Å². The minimum Gasteiger partial charge on any atom is -0.393 e. The molecule has 2 aliphatic carbocycles. The van der Waals surface area contributed by atoms with Crippen molar-refractivity contribution in [2.75, 3.05) is 10.6 Å². The largest absolute Gasteiger partial charge is 0.393 e. The molecular weight excluding hydrogens is 318 g/mol. The highest BCUT2D eigenvalue weighted by Crippen LogP contribution is 2.32. The number of anilines is 2. The van der Waals surface area contributed by atoms with E-state index in [0.717, 1.165) is 25.7 Å². The zero-order valence-electron chi connectivity index (χ0n) is 15.1. The molecule has 2 fully saturated rings. The average Bonchev–Trinajstić information content (AvgIpc) is 2.97. The number of amides is 1. The molecule has 7 heteroatoms. The normalized spacial score (nSPS) is 28.5. The van der Waals surface area contributed by atoms with E-state index < -0.39 is 5.91 Å². The van der Waals surface area contributed by atoms with Crippen molar-refractivity contribution < 1.29 is 9.90 Å². The average molecular weight is 347 g/mol. The summed E-state index contributed by atoms with van der Waals surface area (Å²) in [6, 6.07) is 0.0779. The van der Waals surface area contributed by atoms with Crippen LogP contribution >= 0.6 is 0 Å². The highest BCUT2D eigenvalue weighted by molar-refractivity contribution is 5.97. The molecule has 138 valence electrons. The molecule has 0 saturated heterocycles. The van der Waals surface area contributed by atoms with Crippen LogP contribution in [0.15, 0.2) is 6.20 Å². The lowest BCUT2D eigenvalue weighted by molar-refractivity contribution is 0.0739. The van der Waals surface area contributed by atoms with E-state index in [9.17, 15) is 9.90 Å². The molecule has 2 aliphatic rings. The first-order chi connectivity index (χ1) is 11.9. The fourth-order valence-corrected chi connectivity index (χ4v) is 3.91. The van der Waals surface area contributed by atoms with E-state index in [2.05, 4.69) is 34.4 Å². The molecule has 7 nitrogen and oxygen atoms in total. The minimum absolute atomic E-state index is 0.00196. The number of carbonyl (C=O) groups is 1. The van der Waals surface area contributed by atoms with Gasteiger partial charge in [0.25, 0.3) is 5.91 Å². The summed E-state index contributed by atoms with van der Waals surface area (Å²) in [4.78, 5) is 20.5. The maximum atomic E-state index is 11.7. The molecule has 25 heavy (non-hydrogen) atoms. The number of nitrogens with one attached hydrogen (secondary N) is 2. The first kappa shape index (κ1) is 17.9. The molecule has 5 N–H and O–H groups in total. The van der Waals surface area contributed by atoms with Crippen LogP contribution < -0.4 is 16.4 Å². The van der Waals surface area contributed by atoms with Gasteiger partial charge in [-0.15, -0.1) is 0 Å². The Kier molecular flexibility index (Phi) is 5.13. The van der Waals surface area contributed by atoms with Crippen LogP contribution in [0.4, 0.5) is 11.8 Å². The Hall–Kier alpha value is -1.89.